The van der Waals surface area contributed by atoms with Gasteiger partial charge in [-0.15, -0.1) is 24.8 Å². The maximum absolute atomic E-state index is 12.2. The van der Waals surface area contributed by atoms with Crippen LogP contribution < -0.4 is 16.0 Å². The van der Waals surface area contributed by atoms with E-state index in [4.69, 9.17) is 4.74 Å². The molecule has 5 nitrogen and oxygen atoms in total. The molecule has 1 fully saturated rings. The van der Waals surface area contributed by atoms with Crippen LogP contribution in [0.1, 0.15) is 12.8 Å². The highest BCUT2D eigenvalue weighted by Crippen LogP contribution is 2.24. The molecule has 0 aromatic carbocycles. The quantitative estimate of drug-likeness (QED) is 0.661. The lowest BCUT2D eigenvalue weighted by atomic mass is 9.89. The SMILES string of the molecule is Cl.Cl.O=C(CC1CNCCN1)OC1CC=CNC2C=CC=CC21. The summed E-state index contributed by atoms with van der Waals surface area (Å²) in [6.45, 7) is 2.70. The van der Waals surface area contributed by atoms with Gasteiger partial charge in [-0.05, 0) is 6.20 Å². The Morgan fingerprint density at radius 3 is 2.78 bits per heavy atom. The molecule has 0 aromatic rings. The van der Waals surface area contributed by atoms with Gasteiger partial charge in [0.2, 0.25) is 0 Å². The first-order valence-electron chi connectivity index (χ1n) is 7.72. The molecule has 2 heterocycles. The number of hydrogen-bond acceptors (Lipinski definition) is 5. The molecule has 1 saturated heterocycles. The monoisotopic (exact) mass is 361 g/mol. The van der Waals surface area contributed by atoms with Gasteiger partial charge in [-0.25, -0.2) is 0 Å². The van der Waals surface area contributed by atoms with E-state index in [2.05, 4.69) is 28.1 Å². The van der Waals surface area contributed by atoms with Gasteiger partial charge in [0.15, 0.2) is 0 Å². The molecule has 2 aliphatic heterocycles. The van der Waals surface area contributed by atoms with Crippen molar-refractivity contribution in [2.75, 3.05) is 19.6 Å². The third-order valence-electron chi connectivity index (χ3n) is 4.20. The largest absolute Gasteiger partial charge is 0.461 e. The lowest BCUT2D eigenvalue weighted by Crippen LogP contribution is -2.49. The fraction of sp³-hybridized carbons (Fsp3) is 0.562. The molecule has 0 amide bonds. The summed E-state index contributed by atoms with van der Waals surface area (Å²) in [5.41, 5.74) is 0. The zero-order chi connectivity index (χ0) is 14.5. The number of hydrogen-bond donors (Lipinski definition) is 3. The Morgan fingerprint density at radius 1 is 1.17 bits per heavy atom. The van der Waals surface area contributed by atoms with Crippen molar-refractivity contribution in [3.8, 4) is 0 Å². The fourth-order valence-electron chi connectivity index (χ4n) is 3.09. The number of ether oxygens (including phenoxy) is 1. The van der Waals surface area contributed by atoms with Gasteiger partial charge in [-0.2, -0.15) is 0 Å². The van der Waals surface area contributed by atoms with Gasteiger partial charge < -0.3 is 20.7 Å². The van der Waals surface area contributed by atoms with Crippen molar-refractivity contribution < 1.29 is 9.53 Å². The van der Waals surface area contributed by atoms with Crippen molar-refractivity contribution in [1.29, 1.82) is 0 Å². The second kappa shape index (κ2) is 9.98. The molecule has 4 unspecified atom stereocenters. The maximum atomic E-state index is 12.2. The zero-order valence-corrected chi connectivity index (χ0v) is 14.6. The predicted octanol–water partition coefficient (Wildman–Crippen LogP) is 1.31. The van der Waals surface area contributed by atoms with Crippen molar-refractivity contribution in [3.05, 3.63) is 36.6 Å². The zero-order valence-electron chi connectivity index (χ0n) is 12.9. The third-order valence-corrected chi connectivity index (χ3v) is 4.20. The summed E-state index contributed by atoms with van der Waals surface area (Å²) in [5, 5.41) is 9.96. The smallest absolute Gasteiger partial charge is 0.307 e. The fourth-order valence-corrected chi connectivity index (χ4v) is 3.09. The van der Waals surface area contributed by atoms with Crippen LogP contribution in [0.25, 0.3) is 0 Å². The molecular formula is C16H25Cl2N3O2. The van der Waals surface area contributed by atoms with E-state index in [-0.39, 0.29) is 54.9 Å². The Bertz CT molecular complexity index is 462. The number of carbonyl (C=O) groups excluding carboxylic acids is 1. The number of piperazine rings is 1. The molecule has 4 atom stereocenters. The molecule has 3 rings (SSSR count). The van der Waals surface area contributed by atoms with E-state index in [1.807, 2.05) is 24.4 Å². The van der Waals surface area contributed by atoms with Gasteiger partial charge in [0.25, 0.3) is 0 Å². The second-order valence-electron chi connectivity index (χ2n) is 5.77. The van der Waals surface area contributed by atoms with Gasteiger partial charge in [0, 0.05) is 38.0 Å². The highest BCUT2D eigenvalue weighted by Gasteiger charge is 2.31. The van der Waals surface area contributed by atoms with E-state index >= 15 is 0 Å². The van der Waals surface area contributed by atoms with E-state index in [1.165, 1.54) is 0 Å². The molecule has 23 heavy (non-hydrogen) atoms. The lowest BCUT2D eigenvalue weighted by Gasteiger charge is -2.30. The molecule has 7 heteroatoms. The Hall–Kier alpha value is -1.01. The lowest BCUT2D eigenvalue weighted by molar-refractivity contribution is -0.151. The van der Waals surface area contributed by atoms with E-state index in [0.717, 1.165) is 26.1 Å². The normalized spacial score (nSPS) is 31.7. The summed E-state index contributed by atoms with van der Waals surface area (Å²) >= 11 is 0. The number of allylic oxidation sites excluding steroid dienone is 2. The van der Waals surface area contributed by atoms with E-state index in [9.17, 15) is 4.79 Å². The minimum Gasteiger partial charge on any atom is -0.461 e. The van der Waals surface area contributed by atoms with Crippen molar-refractivity contribution in [3.63, 3.8) is 0 Å². The Labute approximate surface area is 149 Å². The summed E-state index contributed by atoms with van der Waals surface area (Å²) in [6.07, 6.45) is 13.4. The second-order valence-corrected chi connectivity index (χ2v) is 5.77. The van der Waals surface area contributed by atoms with Crippen molar-refractivity contribution in [1.82, 2.24) is 16.0 Å². The van der Waals surface area contributed by atoms with Crippen LogP contribution in [0.2, 0.25) is 0 Å². The van der Waals surface area contributed by atoms with Crippen LogP contribution in [-0.2, 0) is 9.53 Å². The van der Waals surface area contributed by atoms with Crippen LogP contribution in [0.4, 0.5) is 0 Å². The van der Waals surface area contributed by atoms with Gasteiger partial charge in [0.1, 0.15) is 6.10 Å². The molecule has 0 bridgehead atoms. The standard InChI is InChI=1S/C16H23N3O2.2ClH/c20-16(10-12-11-17-8-9-18-12)21-15-6-3-7-19-14-5-2-1-4-13(14)15;;/h1-5,7,12-15,17-19H,6,8-11H2;2*1H. The highest BCUT2D eigenvalue weighted by atomic mass is 35.5. The van der Waals surface area contributed by atoms with Crippen LogP contribution in [0, 0.1) is 5.92 Å². The predicted molar refractivity (Wildman–Crippen MR) is 96.1 cm³/mol. The van der Waals surface area contributed by atoms with Gasteiger partial charge in [-0.3, -0.25) is 4.79 Å². The molecule has 0 radical (unpaired) electrons. The topological polar surface area (TPSA) is 62.4 Å². The number of nitrogens with one attached hydrogen (secondary N) is 3. The Kier molecular flexibility index (Phi) is 8.69. The average molecular weight is 362 g/mol. The Balaban J connectivity index is 0.00000132. The molecule has 3 aliphatic rings. The van der Waals surface area contributed by atoms with Gasteiger partial charge in [-0.1, -0.05) is 30.4 Å². The number of rotatable bonds is 3. The number of fused-ring (bicyclic) bond motifs is 1. The summed E-state index contributed by atoms with van der Waals surface area (Å²) in [4.78, 5) is 12.2. The maximum Gasteiger partial charge on any atom is 0.307 e. The summed E-state index contributed by atoms with van der Waals surface area (Å²) in [6, 6.07) is 0.393. The van der Waals surface area contributed by atoms with Crippen LogP contribution in [0.15, 0.2) is 36.6 Å². The number of carbonyl (C=O) groups is 1. The molecule has 130 valence electrons. The van der Waals surface area contributed by atoms with Crippen molar-refractivity contribution in [2.24, 2.45) is 5.92 Å². The minimum absolute atomic E-state index is 0. The molecule has 1 aliphatic carbocycles. The van der Waals surface area contributed by atoms with E-state index in [0.29, 0.717) is 6.42 Å². The van der Waals surface area contributed by atoms with Crippen LogP contribution >= 0.6 is 24.8 Å². The first-order chi connectivity index (χ1) is 10.3. The summed E-state index contributed by atoms with van der Waals surface area (Å²) < 4.78 is 5.76. The van der Waals surface area contributed by atoms with Gasteiger partial charge in [0.05, 0.1) is 12.5 Å². The third kappa shape index (κ3) is 5.53. The molecule has 3 N–H and O–H groups in total. The number of halogens is 2. The van der Waals surface area contributed by atoms with Gasteiger partial charge >= 0.3 is 5.97 Å². The molecule has 0 saturated carbocycles. The highest BCUT2D eigenvalue weighted by molar-refractivity contribution is 5.85. The number of esters is 1. The van der Waals surface area contributed by atoms with Crippen LogP contribution in [0.3, 0.4) is 0 Å². The van der Waals surface area contributed by atoms with Crippen LogP contribution in [-0.4, -0.2) is 43.8 Å². The summed E-state index contributed by atoms with van der Waals surface area (Å²) in [7, 11) is 0. The van der Waals surface area contributed by atoms with Crippen LogP contribution in [0.5, 0.6) is 0 Å². The van der Waals surface area contributed by atoms with E-state index in [1.54, 1.807) is 0 Å². The average Bonchev–Trinajstić information content (AvgIpc) is 2.71. The van der Waals surface area contributed by atoms with Crippen molar-refractivity contribution in [2.45, 2.75) is 31.0 Å². The molecule has 0 aromatic heterocycles. The Morgan fingerprint density at radius 2 is 2.00 bits per heavy atom. The first kappa shape index (κ1) is 20.0. The molecule has 0 spiro atoms. The summed E-state index contributed by atoms with van der Waals surface area (Å²) in [5.74, 6) is 0.0876. The molecular weight excluding hydrogens is 337 g/mol. The van der Waals surface area contributed by atoms with E-state index < -0.39 is 0 Å². The minimum atomic E-state index is -0.113. The van der Waals surface area contributed by atoms with Crippen molar-refractivity contribution >= 4 is 30.8 Å². The first-order valence-corrected chi connectivity index (χ1v) is 7.72.